The molecule has 136 valence electrons. The number of carbonyl (C=O) groups excluding carboxylic acids is 4. The van der Waals surface area contributed by atoms with Gasteiger partial charge in [-0.3, -0.25) is 14.4 Å². The highest BCUT2D eigenvalue weighted by atomic mass is 16.5. The van der Waals surface area contributed by atoms with Crippen molar-refractivity contribution in [3.05, 3.63) is 29.8 Å². The molecule has 8 nitrogen and oxygen atoms in total. The van der Waals surface area contributed by atoms with Crippen molar-refractivity contribution >= 4 is 29.4 Å². The van der Waals surface area contributed by atoms with Crippen LogP contribution in [0.5, 0.6) is 0 Å². The van der Waals surface area contributed by atoms with Gasteiger partial charge in [-0.15, -0.1) is 0 Å². The van der Waals surface area contributed by atoms with Gasteiger partial charge >= 0.3 is 11.9 Å². The Bertz CT molecular complexity index is 641. The number of hydrogen-bond donors (Lipinski definition) is 2. The molecule has 2 amide bonds. The zero-order chi connectivity index (χ0) is 19.0. The highest BCUT2D eigenvalue weighted by molar-refractivity contribution is 5.97. The van der Waals surface area contributed by atoms with Crippen LogP contribution in [0.15, 0.2) is 24.3 Å². The van der Waals surface area contributed by atoms with Crippen LogP contribution >= 0.6 is 0 Å². The molecule has 8 heteroatoms. The zero-order valence-electron chi connectivity index (χ0n) is 14.6. The highest BCUT2D eigenvalue weighted by Gasteiger charge is 2.30. The summed E-state index contributed by atoms with van der Waals surface area (Å²) < 4.78 is 9.28. The van der Waals surface area contributed by atoms with Gasteiger partial charge in [-0.25, -0.2) is 4.79 Å². The van der Waals surface area contributed by atoms with Gasteiger partial charge in [0.05, 0.1) is 20.6 Å². The van der Waals surface area contributed by atoms with Gasteiger partial charge < -0.3 is 20.1 Å². The van der Waals surface area contributed by atoms with Crippen molar-refractivity contribution in [2.75, 3.05) is 19.5 Å². The second-order valence-electron chi connectivity index (χ2n) is 5.49. The Morgan fingerprint density at radius 3 is 2.12 bits per heavy atom. The van der Waals surface area contributed by atoms with Crippen LogP contribution < -0.4 is 10.6 Å². The summed E-state index contributed by atoms with van der Waals surface area (Å²) in [5, 5.41) is 5.15. The van der Waals surface area contributed by atoms with Gasteiger partial charge in [-0.05, 0) is 30.2 Å². The first-order chi connectivity index (χ1) is 11.8. The molecule has 0 unspecified atom stereocenters. The molecule has 1 aromatic rings. The first-order valence-electron chi connectivity index (χ1n) is 7.61. The fourth-order valence-corrected chi connectivity index (χ4v) is 2.16. The lowest BCUT2D eigenvalue weighted by atomic mass is 9.97. The number of hydrogen-bond acceptors (Lipinski definition) is 6. The second kappa shape index (κ2) is 9.41. The third-order valence-corrected chi connectivity index (χ3v) is 3.49. The van der Waals surface area contributed by atoms with Gasteiger partial charge in [0.15, 0.2) is 0 Å². The Morgan fingerprint density at radius 1 is 1.04 bits per heavy atom. The molecule has 0 fully saturated rings. The molecule has 1 rings (SSSR count). The summed E-state index contributed by atoms with van der Waals surface area (Å²) in [6.07, 6.45) is -0.0436. The summed E-state index contributed by atoms with van der Waals surface area (Å²) in [6.45, 7) is 3.02. The van der Waals surface area contributed by atoms with Gasteiger partial charge in [-0.2, -0.15) is 0 Å². The number of rotatable bonds is 7. The summed E-state index contributed by atoms with van der Waals surface area (Å²) in [4.78, 5) is 46.7. The Hall–Kier alpha value is -2.90. The number of methoxy groups -OCH3 is 2. The number of amides is 2. The highest BCUT2D eigenvalue weighted by Crippen LogP contribution is 2.14. The number of benzene rings is 1. The Kier molecular flexibility index (Phi) is 7.58. The molecule has 0 aromatic heterocycles. The predicted octanol–water partition coefficient (Wildman–Crippen LogP) is 1.12. The van der Waals surface area contributed by atoms with Crippen LogP contribution in [-0.4, -0.2) is 44.0 Å². The molecule has 0 aliphatic rings. The van der Waals surface area contributed by atoms with E-state index in [9.17, 15) is 19.2 Å². The molecule has 25 heavy (non-hydrogen) atoms. The molecule has 0 aliphatic carbocycles. The molecular formula is C17H22N2O6. The second-order valence-corrected chi connectivity index (χ2v) is 5.49. The van der Waals surface area contributed by atoms with E-state index in [2.05, 4.69) is 15.4 Å². The number of ether oxygens (including phenoxy) is 2. The van der Waals surface area contributed by atoms with Crippen LogP contribution in [-0.2, 0) is 23.9 Å². The van der Waals surface area contributed by atoms with Crippen LogP contribution in [0.1, 0.15) is 30.6 Å². The first kappa shape index (κ1) is 20.1. The third kappa shape index (κ3) is 6.25. The van der Waals surface area contributed by atoms with Crippen molar-refractivity contribution in [1.29, 1.82) is 0 Å². The minimum Gasteiger partial charge on any atom is -0.469 e. The van der Waals surface area contributed by atoms with E-state index < -0.39 is 29.8 Å². The van der Waals surface area contributed by atoms with Crippen molar-refractivity contribution in [3.8, 4) is 0 Å². The van der Waals surface area contributed by atoms with Crippen LogP contribution in [0.4, 0.5) is 5.69 Å². The number of nitrogens with one attached hydrogen (secondary N) is 2. The summed E-state index contributed by atoms with van der Waals surface area (Å²) in [5.74, 6) is -2.38. The largest absolute Gasteiger partial charge is 0.469 e. The number of carbonyl (C=O) groups is 4. The van der Waals surface area contributed by atoms with Crippen molar-refractivity contribution in [1.82, 2.24) is 5.32 Å². The third-order valence-electron chi connectivity index (χ3n) is 3.49. The van der Waals surface area contributed by atoms with Gasteiger partial charge in [-0.1, -0.05) is 6.92 Å². The van der Waals surface area contributed by atoms with Crippen molar-refractivity contribution in [2.24, 2.45) is 5.92 Å². The topological polar surface area (TPSA) is 111 Å². The molecular weight excluding hydrogens is 328 g/mol. The molecule has 0 bridgehead atoms. The van der Waals surface area contributed by atoms with Crippen molar-refractivity contribution < 1.29 is 28.7 Å². The Morgan fingerprint density at radius 2 is 1.64 bits per heavy atom. The Labute approximate surface area is 145 Å². The van der Waals surface area contributed by atoms with Gasteiger partial charge in [0, 0.05) is 18.2 Å². The van der Waals surface area contributed by atoms with E-state index in [1.54, 1.807) is 19.1 Å². The van der Waals surface area contributed by atoms with E-state index in [-0.39, 0.29) is 12.3 Å². The average molecular weight is 350 g/mol. The molecule has 0 radical (unpaired) electrons. The van der Waals surface area contributed by atoms with Crippen LogP contribution in [0.25, 0.3) is 0 Å². The van der Waals surface area contributed by atoms with E-state index in [4.69, 9.17) is 4.74 Å². The molecule has 0 spiro atoms. The smallest absolute Gasteiger partial charge is 0.328 e. The predicted molar refractivity (Wildman–Crippen MR) is 89.8 cm³/mol. The molecule has 1 aromatic carbocycles. The number of anilines is 1. The van der Waals surface area contributed by atoms with E-state index in [1.165, 1.54) is 33.3 Å². The standard InChI is InChI=1S/C17H22N2O6/c1-10(9-14(21)24-3)15(17(23)25-4)19-16(22)12-5-7-13(8-6-12)18-11(2)20/h5-8,10,15H,9H2,1-4H3,(H,18,20)(H,19,22)/t10-,15+/m0/s1. The molecule has 0 heterocycles. The van der Waals surface area contributed by atoms with Crippen molar-refractivity contribution in [3.63, 3.8) is 0 Å². The van der Waals surface area contributed by atoms with E-state index >= 15 is 0 Å². The van der Waals surface area contributed by atoms with Crippen LogP contribution in [0.2, 0.25) is 0 Å². The van der Waals surface area contributed by atoms with Crippen molar-refractivity contribution in [2.45, 2.75) is 26.3 Å². The van der Waals surface area contributed by atoms with Gasteiger partial charge in [0.25, 0.3) is 5.91 Å². The maximum atomic E-state index is 12.3. The monoisotopic (exact) mass is 350 g/mol. The van der Waals surface area contributed by atoms with E-state index in [1.807, 2.05) is 0 Å². The fourth-order valence-electron chi connectivity index (χ4n) is 2.16. The Balaban J connectivity index is 2.85. The maximum absolute atomic E-state index is 12.3. The zero-order valence-corrected chi connectivity index (χ0v) is 14.6. The summed E-state index contributed by atoms with van der Waals surface area (Å²) >= 11 is 0. The lowest BCUT2D eigenvalue weighted by Crippen LogP contribution is -2.46. The first-order valence-corrected chi connectivity index (χ1v) is 7.61. The minimum atomic E-state index is -0.994. The molecule has 2 N–H and O–H groups in total. The summed E-state index contributed by atoms with van der Waals surface area (Å²) in [5.41, 5.74) is 0.848. The molecule has 0 saturated heterocycles. The average Bonchev–Trinajstić information content (AvgIpc) is 2.58. The van der Waals surface area contributed by atoms with Gasteiger partial charge in [0.2, 0.25) is 5.91 Å². The van der Waals surface area contributed by atoms with E-state index in [0.29, 0.717) is 11.3 Å². The summed E-state index contributed by atoms with van der Waals surface area (Å²) in [6, 6.07) is 5.18. The maximum Gasteiger partial charge on any atom is 0.328 e. The molecule has 0 aliphatic heterocycles. The molecule has 0 saturated carbocycles. The molecule has 2 atom stereocenters. The lowest BCUT2D eigenvalue weighted by molar-refractivity contribution is -0.146. The van der Waals surface area contributed by atoms with Gasteiger partial charge in [0.1, 0.15) is 6.04 Å². The number of esters is 2. The normalized spacial score (nSPS) is 12.5. The quantitative estimate of drug-likeness (QED) is 0.713. The fraction of sp³-hybridized carbons (Fsp3) is 0.412. The minimum absolute atomic E-state index is 0.0436. The van der Waals surface area contributed by atoms with Crippen LogP contribution in [0, 0.1) is 5.92 Å². The SMILES string of the molecule is COC(=O)C[C@H](C)[C@@H](NC(=O)c1ccc(NC(C)=O)cc1)C(=O)OC. The summed E-state index contributed by atoms with van der Waals surface area (Å²) in [7, 11) is 2.45. The van der Waals surface area contributed by atoms with E-state index in [0.717, 1.165) is 0 Å². The van der Waals surface area contributed by atoms with Crippen LogP contribution in [0.3, 0.4) is 0 Å². The lowest BCUT2D eigenvalue weighted by Gasteiger charge is -2.22.